The summed E-state index contributed by atoms with van der Waals surface area (Å²) in [7, 11) is 0. The summed E-state index contributed by atoms with van der Waals surface area (Å²) >= 11 is 0. The number of rotatable bonds is 50. The van der Waals surface area contributed by atoms with Crippen LogP contribution in [0.3, 0.4) is 0 Å². The fourth-order valence-corrected chi connectivity index (χ4v) is 8.49. The topological polar surface area (TPSA) is 78.9 Å². The molecule has 0 aliphatic heterocycles. The molecule has 0 amide bonds. The molecular formula is C56H108O6. The van der Waals surface area contributed by atoms with Crippen LogP contribution in [0.1, 0.15) is 311 Å². The lowest BCUT2D eigenvalue weighted by Gasteiger charge is -2.18. The highest BCUT2D eigenvalue weighted by Gasteiger charge is 2.19. The van der Waals surface area contributed by atoms with Crippen LogP contribution in [0.4, 0.5) is 0 Å². The predicted molar refractivity (Wildman–Crippen MR) is 266 cm³/mol. The summed E-state index contributed by atoms with van der Waals surface area (Å²) in [6.45, 7) is 11.4. The normalized spacial score (nSPS) is 12.5. The van der Waals surface area contributed by atoms with Crippen molar-refractivity contribution < 1.29 is 28.6 Å². The van der Waals surface area contributed by atoms with Crippen LogP contribution in [0.2, 0.25) is 0 Å². The number of carbonyl (C=O) groups is 3. The molecule has 0 bridgehead atoms. The molecule has 0 fully saturated rings. The third-order valence-corrected chi connectivity index (χ3v) is 13.1. The van der Waals surface area contributed by atoms with Crippen molar-refractivity contribution in [3.63, 3.8) is 0 Å². The first-order valence-electron chi connectivity index (χ1n) is 27.8. The van der Waals surface area contributed by atoms with E-state index in [0.29, 0.717) is 19.3 Å². The Labute approximate surface area is 387 Å². The van der Waals surface area contributed by atoms with Gasteiger partial charge < -0.3 is 14.2 Å². The average molecular weight is 877 g/mol. The minimum atomic E-state index is -0.763. The minimum absolute atomic E-state index is 0.0637. The molecule has 62 heavy (non-hydrogen) atoms. The van der Waals surface area contributed by atoms with Gasteiger partial charge in [0.05, 0.1) is 0 Å². The van der Waals surface area contributed by atoms with E-state index < -0.39 is 6.10 Å². The highest BCUT2D eigenvalue weighted by molar-refractivity contribution is 5.71. The third kappa shape index (κ3) is 47.9. The van der Waals surface area contributed by atoms with E-state index in [0.717, 1.165) is 69.6 Å². The van der Waals surface area contributed by atoms with Gasteiger partial charge in [-0.1, -0.05) is 272 Å². The highest BCUT2D eigenvalue weighted by atomic mass is 16.6. The maximum absolute atomic E-state index is 12.8. The molecule has 6 heteroatoms. The van der Waals surface area contributed by atoms with Crippen LogP contribution in [0, 0.1) is 11.8 Å². The Bertz CT molecular complexity index is 949. The van der Waals surface area contributed by atoms with E-state index in [9.17, 15) is 14.4 Å². The molecule has 0 heterocycles. The van der Waals surface area contributed by atoms with E-state index in [1.807, 2.05) is 0 Å². The summed E-state index contributed by atoms with van der Waals surface area (Å²) < 4.78 is 16.8. The molecule has 0 N–H and O–H groups in total. The maximum atomic E-state index is 12.8. The quantitative estimate of drug-likeness (QED) is 0.0344. The van der Waals surface area contributed by atoms with E-state index in [1.165, 1.54) is 199 Å². The Morgan fingerprint density at radius 1 is 0.339 bits per heavy atom. The number of carbonyl (C=O) groups excluding carboxylic acids is 3. The van der Waals surface area contributed by atoms with E-state index in [4.69, 9.17) is 14.2 Å². The minimum Gasteiger partial charge on any atom is -0.462 e. The summed E-state index contributed by atoms with van der Waals surface area (Å²) in [6.07, 6.45) is 51.0. The van der Waals surface area contributed by atoms with Gasteiger partial charge in [-0.05, 0) is 31.1 Å². The van der Waals surface area contributed by atoms with Gasteiger partial charge in [-0.25, -0.2) is 0 Å². The molecule has 0 saturated heterocycles. The lowest BCUT2D eigenvalue weighted by Crippen LogP contribution is -2.30. The van der Waals surface area contributed by atoms with Gasteiger partial charge in [-0.2, -0.15) is 0 Å². The van der Waals surface area contributed by atoms with E-state index >= 15 is 0 Å². The molecule has 0 aromatic rings. The molecule has 0 aliphatic carbocycles. The van der Waals surface area contributed by atoms with Crippen molar-refractivity contribution in [1.29, 1.82) is 0 Å². The Morgan fingerprint density at radius 2 is 0.613 bits per heavy atom. The van der Waals surface area contributed by atoms with Crippen molar-refractivity contribution >= 4 is 17.9 Å². The second-order valence-corrected chi connectivity index (χ2v) is 19.9. The predicted octanol–water partition coefficient (Wildman–Crippen LogP) is 18.1. The molecule has 0 spiro atoms. The molecule has 6 nitrogen and oxygen atoms in total. The third-order valence-electron chi connectivity index (χ3n) is 13.1. The molecule has 0 rings (SSSR count). The number of hydrogen-bond acceptors (Lipinski definition) is 6. The first-order chi connectivity index (χ1) is 30.3. The standard InChI is InChI=1S/C56H108O6/c1-6-8-9-10-11-12-13-14-15-16-17-21-24-27-30-36-41-46-54(57)60-49-53(50-61-55(58)47-42-37-33-32-35-40-45-52(5)7-2)62-56(59)48-43-38-31-28-25-22-19-18-20-23-26-29-34-39-44-51(3)4/h51-53H,6-50H2,1-5H3/t52?,53-/m1/s1. The second-order valence-electron chi connectivity index (χ2n) is 19.9. The van der Waals surface area contributed by atoms with E-state index in [1.54, 1.807) is 0 Å². The lowest BCUT2D eigenvalue weighted by atomic mass is 10.00. The van der Waals surface area contributed by atoms with Gasteiger partial charge in [0, 0.05) is 19.3 Å². The summed E-state index contributed by atoms with van der Waals surface area (Å²) in [5.74, 6) is 0.811. The summed E-state index contributed by atoms with van der Waals surface area (Å²) in [4.78, 5) is 38.0. The Balaban J connectivity index is 4.26. The zero-order chi connectivity index (χ0) is 45.4. The molecule has 368 valence electrons. The van der Waals surface area contributed by atoms with Gasteiger partial charge in [0.1, 0.15) is 13.2 Å². The van der Waals surface area contributed by atoms with E-state index in [-0.39, 0.29) is 31.1 Å². The zero-order valence-electron chi connectivity index (χ0n) is 42.5. The molecule has 2 atom stereocenters. The number of esters is 3. The van der Waals surface area contributed by atoms with Crippen molar-refractivity contribution in [2.24, 2.45) is 11.8 Å². The van der Waals surface area contributed by atoms with Crippen LogP contribution < -0.4 is 0 Å². The van der Waals surface area contributed by atoms with Crippen LogP contribution in [-0.2, 0) is 28.6 Å². The summed E-state index contributed by atoms with van der Waals surface area (Å²) in [5, 5.41) is 0. The Morgan fingerprint density at radius 3 is 0.919 bits per heavy atom. The van der Waals surface area contributed by atoms with Gasteiger partial charge in [-0.15, -0.1) is 0 Å². The first kappa shape index (κ1) is 60.4. The molecular weight excluding hydrogens is 769 g/mol. The Hall–Kier alpha value is -1.59. The lowest BCUT2D eigenvalue weighted by molar-refractivity contribution is -0.167. The zero-order valence-corrected chi connectivity index (χ0v) is 42.5. The van der Waals surface area contributed by atoms with Crippen LogP contribution in [0.25, 0.3) is 0 Å². The highest BCUT2D eigenvalue weighted by Crippen LogP contribution is 2.18. The molecule has 0 saturated carbocycles. The smallest absolute Gasteiger partial charge is 0.306 e. The SMILES string of the molecule is CCCCCCCCCCCCCCCCCCCC(=O)OC[C@H](COC(=O)CCCCCCCCC(C)CC)OC(=O)CCCCCCCCCCCCCCCCC(C)C. The first-order valence-corrected chi connectivity index (χ1v) is 27.8. The van der Waals surface area contributed by atoms with E-state index in [2.05, 4.69) is 34.6 Å². The number of hydrogen-bond donors (Lipinski definition) is 0. The Kier molecular flexibility index (Phi) is 47.6. The van der Waals surface area contributed by atoms with Crippen LogP contribution in [0.5, 0.6) is 0 Å². The summed E-state index contributed by atoms with van der Waals surface area (Å²) in [6, 6.07) is 0. The van der Waals surface area contributed by atoms with Crippen molar-refractivity contribution in [3.05, 3.63) is 0 Å². The van der Waals surface area contributed by atoms with Gasteiger partial charge >= 0.3 is 17.9 Å². The van der Waals surface area contributed by atoms with Crippen molar-refractivity contribution in [2.45, 2.75) is 317 Å². The monoisotopic (exact) mass is 877 g/mol. The van der Waals surface area contributed by atoms with Gasteiger partial charge in [-0.3, -0.25) is 14.4 Å². The second kappa shape index (κ2) is 48.9. The van der Waals surface area contributed by atoms with Gasteiger partial charge in [0.2, 0.25) is 0 Å². The van der Waals surface area contributed by atoms with Crippen LogP contribution in [0.15, 0.2) is 0 Å². The number of unbranched alkanes of at least 4 members (excludes halogenated alkanes) is 34. The van der Waals surface area contributed by atoms with Crippen molar-refractivity contribution in [3.8, 4) is 0 Å². The molecule has 0 aromatic heterocycles. The number of ether oxygens (including phenoxy) is 3. The fourth-order valence-electron chi connectivity index (χ4n) is 8.49. The van der Waals surface area contributed by atoms with Crippen LogP contribution >= 0.6 is 0 Å². The van der Waals surface area contributed by atoms with Crippen molar-refractivity contribution in [2.75, 3.05) is 13.2 Å². The van der Waals surface area contributed by atoms with Gasteiger partial charge in [0.15, 0.2) is 6.10 Å². The fraction of sp³-hybridized carbons (Fsp3) is 0.946. The maximum Gasteiger partial charge on any atom is 0.306 e. The summed E-state index contributed by atoms with van der Waals surface area (Å²) in [5.41, 5.74) is 0. The molecule has 1 unspecified atom stereocenters. The molecule has 0 aliphatic rings. The largest absolute Gasteiger partial charge is 0.462 e. The average Bonchev–Trinajstić information content (AvgIpc) is 3.26. The van der Waals surface area contributed by atoms with Crippen LogP contribution in [-0.4, -0.2) is 37.2 Å². The van der Waals surface area contributed by atoms with Crippen molar-refractivity contribution in [1.82, 2.24) is 0 Å². The van der Waals surface area contributed by atoms with Gasteiger partial charge in [0.25, 0.3) is 0 Å². The molecule has 0 aromatic carbocycles. The molecule has 0 radical (unpaired) electrons.